The second-order valence-electron chi connectivity index (χ2n) is 17.2. The molecule has 322 valence electrons. The van der Waals surface area contributed by atoms with Crippen LogP contribution < -0.4 is 5.32 Å². The molecule has 0 spiro atoms. The number of fused-ring (bicyclic) bond motifs is 2. The third-order valence-electron chi connectivity index (χ3n) is 12.8. The van der Waals surface area contributed by atoms with E-state index in [1.165, 1.54) is 18.9 Å². The predicted octanol–water partition coefficient (Wildman–Crippen LogP) is 5.90. The number of ketones is 2. The quantitative estimate of drug-likeness (QED) is 0.157. The Morgan fingerprint density at radius 2 is 1.72 bits per heavy atom. The van der Waals surface area contributed by atoms with Gasteiger partial charge >= 0.3 is 12.1 Å². The Bertz CT molecular complexity index is 1790. The molecule has 2 aromatic rings. The van der Waals surface area contributed by atoms with Crippen LogP contribution in [0.5, 0.6) is 0 Å². The molecule has 1 unspecified atom stereocenters. The number of benzene rings is 1. The Morgan fingerprint density at radius 1 is 1.02 bits per heavy atom. The minimum absolute atomic E-state index is 0.00588. The van der Waals surface area contributed by atoms with Crippen molar-refractivity contribution in [3.63, 3.8) is 0 Å². The summed E-state index contributed by atoms with van der Waals surface area (Å²) in [6.45, 7) is 15.3. The zero-order valence-electron chi connectivity index (χ0n) is 35.8. The molecule has 13 atom stereocenters. The standard InChI is InChI=1S/C44H64FN3O10/c1-11-32-44(9)36(48(41(53)58-44)22-14-13-17-29-18-15-19-30-20-16-21-47-33(29)30)27(5)34(49)25(3)24-42(7,54-10)38(28(6)37(51)43(8,45)40(52)56-32)57-39-35(50)31(46-12-2)23-26(4)55-39/h15-16,18-21,25-28,31-32,35-36,38-39,46,50H,11-14,17,22-24H2,1-10H3/t25-,26-,27+,28-,31+,32-,35+,36?,38-,39+,42-,43+,44-/m1/s1. The van der Waals surface area contributed by atoms with Crippen molar-refractivity contribution in [1.82, 2.24) is 15.2 Å². The van der Waals surface area contributed by atoms with E-state index in [4.69, 9.17) is 23.7 Å². The van der Waals surface area contributed by atoms with E-state index in [2.05, 4.69) is 10.3 Å². The van der Waals surface area contributed by atoms with E-state index >= 15 is 4.39 Å². The molecule has 2 N–H and O–H groups in total. The van der Waals surface area contributed by atoms with Crippen LogP contribution >= 0.6 is 0 Å². The molecule has 13 nitrogen and oxygen atoms in total. The van der Waals surface area contributed by atoms with Gasteiger partial charge in [0.25, 0.3) is 5.67 Å². The van der Waals surface area contributed by atoms with Crippen molar-refractivity contribution in [3.8, 4) is 0 Å². The first-order valence-electron chi connectivity index (χ1n) is 20.9. The number of carbonyl (C=O) groups is 4. The summed E-state index contributed by atoms with van der Waals surface area (Å²) in [5, 5.41) is 15.6. The van der Waals surface area contributed by atoms with Gasteiger partial charge in [-0.25, -0.2) is 14.0 Å². The number of aromatic nitrogens is 1. The number of Topliss-reactive ketones (excluding diaryl/α,β-unsaturated/α-hetero) is 2. The minimum Gasteiger partial charge on any atom is -0.455 e. The van der Waals surface area contributed by atoms with Gasteiger partial charge in [-0.3, -0.25) is 14.6 Å². The maximum atomic E-state index is 16.9. The fourth-order valence-corrected chi connectivity index (χ4v) is 9.66. The van der Waals surface area contributed by atoms with Gasteiger partial charge in [0.05, 0.1) is 29.4 Å². The van der Waals surface area contributed by atoms with E-state index in [9.17, 15) is 24.3 Å². The average molecular weight is 814 g/mol. The summed E-state index contributed by atoms with van der Waals surface area (Å²) in [4.78, 5) is 62.8. The maximum absolute atomic E-state index is 16.9. The number of amides is 1. The largest absolute Gasteiger partial charge is 0.455 e. The number of halogens is 1. The van der Waals surface area contributed by atoms with Crippen molar-refractivity contribution < 1.29 is 52.4 Å². The first-order valence-corrected chi connectivity index (χ1v) is 20.9. The van der Waals surface area contributed by atoms with Crippen LogP contribution in [0.15, 0.2) is 36.5 Å². The van der Waals surface area contributed by atoms with Crippen molar-refractivity contribution in [1.29, 1.82) is 0 Å². The van der Waals surface area contributed by atoms with Gasteiger partial charge in [-0.1, -0.05) is 58.9 Å². The SMILES string of the molecule is CCN[C@H]1C[C@@H](C)O[C@@H](O[C@@H]2[C@H](C)C(=O)[C@](C)(F)C(=O)O[C@H](CC)[C@@]3(C)OC(=O)N(CCCCc4cccc5cccnc45)C3[C@@H](C)C(=O)[C@H](C)C[C@@]2(C)OC)[C@H]1O. The second kappa shape index (κ2) is 18.4. The third kappa shape index (κ3) is 8.96. The number of aryl methyl sites for hydroxylation is 1. The van der Waals surface area contributed by atoms with Gasteiger partial charge in [0.15, 0.2) is 17.7 Å². The van der Waals surface area contributed by atoms with E-state index in [0.717, 1.165) is 23.4 Å². The van der Waals surface area contributed by atoms with E-state index in [0.29, 0.717) is 32.2 Å². The summed E-state index contributed by atoms with van der Waals surface area (Å²) in [6, 6.07) is 8.64. The van der Waals surface area contributed by atoms with Crippen LogP contribution in [0.25, 0.3) is 10.9 Å². The highest BCUT2D eigenvalue weighted by Crippen LogP contribution is 2.43. The van der Waals surface area contributed by atoms with Crippen molar-refractivity contribution in [3.05, 3.63) is 42.1 Å². The number of hydrogen-bond donors (Lipinski definition) is 2. The first-order chi connectivity index (χ1) is 27.3. The van der Waals surface area contributed by atoms with Crippen LogP contribution in [0.2, 0.25) is 0 Å². The lowest BCUT2D eigenvalue weighted by molar-refractivity contribution is -0.290. The summed E-state index contributed by atoms with van der Waals surface area (Å²) < 4.78 is 47.5. The van der Waals surface area contributed by atoms with Crippen LogP contribution in [-0.4, -0.2) is 118 Å². The van der Waals surface area contributed by atoms with E-state index in [1.807, 2.05) is 44.2 Å². The molecule has 0 radical (unpaired) electrons. The van der Waals surface area contributed by atoms with Crippen LogP contribution in [0.4, 0.5) is 9.18 Å². The summed E-state index contributed by atoms with van der Waals surface area (Å²) in [5.41, 5.74) is -4.19. The number of nitrogens with one attached hydrogen (secondary N) is 1. The average Bonchev–Trinajstić information content (AvgIpc) is 3.46. The Kier molecular flexibility index (Phi) is 14.4. The first kappa shape index (κ1) is 45.5. The molecule has 3 aliphatic heterocycles. The number of para-hydroxylation sites is 1. The number of ether oxygens (including phenoxy) is 5. The molecule has 4 heterocycles. The number of rotatable bonds is 11. The van der Waals surface area contributed by atoms with Gasteiger partial charge < -0.3 is 39.0 Å². The summed E-state index contributed by atoms with van der Waals surface area (Å²) in [7, 11) is 1.41. The molecule has 58 heavy (non-hydrogen) atoms. The number of aliphatic hydroxyl groups excluding tert-OH is 1. The molecular weight excluding hydrogens is 749 g/mol. The number of likely N-dealkylation sites (N-methyl/N-ethyl adjacent to an activating group) is 1. The lowest BCUT2D eigenvalue weighted by Gasteiger charge is -2.46. The Morgan fingerprint density at radius 3 is 2.40 bits per heavy atom. The number of nitrogens with zero attached hydrogens (tertiary/aromatic N) is 2. The molecule has 1 amide bonds. The van der Waals surface area contributed by atoms with Gasteiger partial charge in [0.1, 0.15) is 18.0 Å². The van der Waals surface area contributed by atoms with Gasteiger partial charge in [-0.05, 0) is 84.4 Å². The Labute approximate surface area is 342 Å². The number of aliphatic hydroxyl groups is 1. The van der Waals surface area contributed by atoms with Gasteiger partial charge in [-0.2, -0.15) is 0 Å². The zero-order chi connectivity index (χ0) is 42.7. The monoisotopic (exact) mass is 813 g/mol. The lowest BCUT2D eigenvalue weighted by atomic mass is 9.73. The zero-order valence-corrected chi connectivity index (χ0v) is 35.8. The topological polar surface area (TPSA) is 163 Å². The molecule has 1 aromatic carbocycles. The fourth-order valence-electron chi connectivity index (χ4n) is 9.66. The molecule has 0 aliphatic carbocycles. The van der Waals surface area contributed by atoms with Crippen molar-refractivity contribution in [2.45, 2.75) is 160 Å². The van der Waals surface area contributed by atoms with E-state index < -0.39 is 89.2 Å². The van der Waals surface area contributed by atoms with Crippen LogP contribution in [-0.2, 0) is 44.5 Å². The second-order valence-corrected chi connectivity index (χ2v) is 17.2. The van der Waals surface area contributed by atoms with E-state index in [-0.39, 0.29) is 31.3 Å². The Balaban J connectivity index is 1.49. The number of alkyl halides is 1. The molecule has 1 aromatic heterocycles. The van der Waals surface area contributed by atoms with Gasteiger partial charge in [-0.15, -0.1) is 0 Å². The normalized spacial score (nSPS) is 38.0. The highest BCUT2D eigenvalue weighted by Gasteiger charge is 2.61. The number of cyclic esters (lactones) is 1. The highest BCUT2D eigenvalue weighted by atomic mass is 19.1. The van der Waals surface area contributed by atoms with Crippen LogP contribution in [0.1, 0.15) is 100.0 Å². The number of pyridine rings is 1. The lowest BCUT2D eigenvalue weighted by Crippen LogP contribution is -2.62. The molecule has 0 saturated carbocycles. The predicted molar refractivity (Wildman–Crippen MR) is 215 cm³/mol. The maximum Gasteiger partial charge on any atom is 0.410 e. The van der Waals surface area contributed by atoms with E-state index in [1.54, 1.807) is 40.8 Å². The minimum atomic E-state index is -3.17. The molecule has 3 fully saturated rings. The highest BCUT2D eigenvalue weighted by molar-refractivity contribution is 6.08. The van der Waals surface area contributed by atoms with Gasteiger partial charge in [0.2, 0.25) is 0 Å². The Hall–Kier alpha value is -3.56. The number of unbranched alkanes of at least 4 members (excludes halogenated alkanes) is 1. The molecule has 3 aliphatic rings. The molecule has 14 heteroatoms. The summed E-state index contributed by atoms with van der Waals surface area (Å²) in [5.74, 6) is -5.74. The molecule has 0 bridgehead atoms. The summed E-state index contributed by atoms with van der Waals surface area (Å²) in [6.07, 6.45) is -1.60. The summed E-state index contributed by atoms with van der Waals surface area (Å²) >= 11 is 0. The van der Waals surface area contributed by atoms with Gasteiger partial charge in [0, 0.05) is 49.0 Å². The number of methoxy groups -OCH3 is 1. The molecule has 3 saturated heterocycles. The number of esters is 1. The third-order valence-corrected chi connectivity index (χ3v) is 12.8. The number of hydrogen-bond acceptors (Lipinski definition) is 12. The molecule has 5 rings (SSSR count). The fraction of sp³-hybridized carbons (Fsp3) is 0.705. The molecular formula is C44H64FN3O10. The van der Waals surface area contributed by atoms with Crippen LogP contribution in [0.3, 0.4) is 0 Å². The van der Waals surface area contributed by atoms with Crippen molar-refractivity contribution >= 4 is 34.5 Å². The smallest absolute Gasteiger partial charge is 0.410 e. The van der Waals surface area contributed by atoms with Crippen molar-refractivity contribution in [2.75, 3.05) is 20.2 Å². The van der Waals surface area contributed by atoms with Crippen LogP contribution in [0, 0.1) is 17.8 Å². The van der Waals surface area contributed by atoms with Crippen molar-refractivity contribution in [2.24, 2.45) is 17.8 Å². The number of carbonyl (C=O) groups excluding carboxylic acids is 4.